The Bertz CT molecular complexity index is 541. The van der Waals surface area contributed by atoms with E-state index in [1.54, 1.807) is 0 Å². The van der Waals surface area contributed by atoms with Crippen molar-refractivity contribution in [2.45, 2.75) is 31.7 Å². The number of aromatic hydroxyl groups is 1. The lowest BCUT2D eigenvalue weighted by atomic mass is 9.97. The van der Waals surface area contributed by atoms with Crippen molar-refractivity contribution < 1.29 is 23.0 Å². The lowest BCUT2D eigenvalue weighted by Crippen LogP contribution is -2.45. The zero-order valence-electron chi connectivity index (χ0n) is 12.8. The number of alkyl halides is 3. The van der Waals surface area contributed by atoms with E-state index in [0.29, 0.717) is 11.5 Å². The molecular formula is C16H21F3N2O2. The monoisotopic (exact) mass is 330 g/mol. The molecule has 0 unspecified atom stereocenters. The number of rotatable bonds is 5. The van der Waals surface area contributed by atoms with Gasteiger partial charge >= 0.3 is 6.36 Å². The molecule has 2 aliphatic rings. The molecule has 0 aromatic heterocycles. The third-order valence-corrected chi connectivity index (χ3v) is 4.44. The summed E-state index contributed by atoms with van der Waals surface area (Å²) in [7, 11) is 0. The molecule has 1 saturated heterocycles. The summed E-state index contributed by atoms with van der Waals surface area (Å²) in [6, 6.07) is 3.70. The normalized spacial score (nSPS) is 21.2. The van der Waals surface area contributed by atoms with Crippen LogP contribution in [0.25, 0.3) is 0 Å². The number of phenols is 1. The number of hydrogen-bond acceptors (Lipinski definition) is 4. The zero-order valence-corrected chi connectivity index (χ0v) is 12.8. The molecule has 2 N–H and O–H groups in total. The number of hydrogen-bond donors (Lipinski definition) is 2. The first-order valence-electron chi connectivity index (χ1n) is 7.96. The minimum atomic E-state index is -4.73. The van der Waals surface area contributed by atoms with E-state index in [2.05, 4.69) is 15.0 Å². The third kappa shape index (κ3) is 4.51. The second-order valence-electron chi connectivity index (χ2n) is 6.25. The molecule has 0 bridgehead atoms. The summed E-state index contributed by atoms with van der Waals surface area (Å²) in [6.45, 7) is 3.34. The third-order valence-electron chi connectivity index (χ3n) is 4.44. The predicted octanol–water partition coefficient (Wildman–Crippen LogP) is 3.04. The van der Waals surface area contributed by atoms with Crippen molar-refractivity contribution in [2.75, 3.05) is 26.2 Å². The van der Waals surface area contributed by atoms with E-state index in [1.807, 2.05) is 0 Å². The number of ether oxygens (including phenoxy) is 1. The Hall–Kier alpha value is -1.47. The summed E-state index contributed by atoms with van der Waals surface area (Å²) in [5.41, 5.74) is 0.528. The van der Waals surface area contributed by atoms with Gasteiger partial charge in [0.1, 0.15) is 11.5 Å². The summed E-state index contributed by atoms with van der Waals surface area (Å²) in [5, 5.41) is 13.5. The van der Waals surface area contributed by atoms with Crippen LogP contribution >= 0.6 is 0 Å². The first-order chi connectivity index (χ1) is 10.9. The van der Waals surface area contributed by atoms with Crippen LogP contribution in [0.1, 0.15) is 30.9 Å². The fourth-order valence-electron chi connectivity index (χ4n) is 3.13. The van der Waals surface area contributed by atoms with E-state index < -0.39 is 6.36 Å². The highest BCUT2D eigenvalue weighted by atomic mass is 19.4. The molecular weight excluding hydrogens is 309 g/mol. The molecule has 1 aromatic carbocycles. The van der Waals surface area contributed by atoms with Crippen molar-refractivity contribution in [3.63, 3.8) is 0 Å². The summed E-state index contributed by atoms with van der Waals surface area (Å²) < 4.78 is 41.4. The molecule has 1 atom stereocenters. The molecule has 4 nitrogen and oxygen atoms in total. The largest absolute Gasteiger partial charge is 0.573 e. The molecule has 0 radical (unpaired) electrons. The van der Waals surface area contributed by atoms with Crippen LogP contribution in [-0.4, -0.2) is 42.5 Å². The number of halogens is 3. The molecule has 128 valence electrons. The Morgan fingerprint density at radius 3 is 2.57 bits per heavy atom. The smallest absolute Gasteiger partial charge is 0.508 e. The molecule has 3 rings (SSSR count). The van der Waals surface area contributed by atoms with Gasteiger partial charge in [-0.3, -0.25) is 4.90 Å². The van der Waals surface area contributed by atoms with Crippen molar-refractivity contribution in [3.8, 4) is 11.5 Å². The number of nitrogens with zero attached hydrogens (tertiary/aromatic N) is 1. The van der Waals surface area contributed by atoms with Gasteiger partial charge in [0, 0.05) is 37.8 Å². The maximum atomic E-state index is 12.4. The van der Waals surface area contributed by atoms with E-state index >= 15 is 0 Å². The molecule has 7 heteroatoms. The van der Waals surface area contributed by atoms with Gasteiger partial charge in [-0.2, -0.15) is 0 Å². The van der Waals surface area contributed by atoms with Gasteiger partial charge in [-0.05, 0) is 30.5 Å². The van der Waals surface area contributed by atoms with E-state index in [-0.39, 0.29) is 17.5 Å². The van der Waals surface area contributed by atoms with Crippen LogP contribution in [0.15, 0.2) is 18.2 Å². The van der Waals surface area contributed by atoms with Gasteiger partial charge < -0.3 is 15.2 Å². The fraction of sp³-hybridized carbons (Fsp3) is 0.625. The molecule has 1 heterocycles. The highest BCUT2D eigenvalue weighted by molar-refractivity contribution is 5.41. The first kappa shape index (κ1) is 16.4. The van der Waals surface area contributed by atoms with E-state index in [0.717, 1.165) is 51.5 Å². The van der Waals surface area contributed by atoms with E-state index in [9.17, 15) is 18.3 Å². The van der Waals surface area contributed by atoms with Crippen LogP contribution in [-0.2, 0) is 0 Å². The maximum absolute atomic E-state index is 12.4. The minimum absolute atomic E-state index is 0.0312. The van der Waals surface area contributed by atoms with Crippen LogP contribution in [0.4, 0.5) is 13.2 Å². The predicted molar refractivity (Wildman–Crippen MR) is 79.3 cm³/mol. The fourth-order valence-corrected chi connectivity index (χ4v) is 3.13. The molecule has 1 aliphatic heterocycles. The first-order valence-corrected chi connectivity index (χ1v) is 7.96. The second kappa shape index (κ2) is 6.57. The SMILES string of the molecule is Oc1ccc(OC(F)(F)F)cc1[C@H](CC1CC1)N1CCNCC1. The summed E-state index contributed by atoms with van der Waals surface area (Å²) in [5.74, 6) is 0.353. The lowest BCUT2D eigenvalue weighted by molar-refractivity contribution is -0.274. The highest BCUT2D eigenvalue weighted by Crippen LogP contribution is 2.43. The van der Waals surface area contributed by atoms with Gasteiger partial charge in [-0.25, -0.2) is 0 Å². The van der Waals surface area contributed by atoms with Crippen molar-refractivity contribution in [1.82, 2.24) is 10.2 Å². The highest BCUT2D eigenvalue weighted by Gasteiger charge is 2.34. The van der Waals surface area contributed by atoms with Crippen LogP contribution < -0.4 is 10.1 Å². The van der Waals surface area contributed by atoms with Gasteiger partial charge in [-0.15, -0.1) is 13.2 Å². The van der Waals surface area contributed by atoms with Gasteiger partial charge in [0.05, 0.1) is 0 Å². The van der Waals surface area contributed by atoms with Crippen molar-refractivity contribution in [3.05, 3.63) is 23.8 Å². The number of phenolic OH excluding ortho intramolecular Hbond substituents is 1. The van der Waals surface area contributed by atoms with Crippen LogP contribution in [0.3, 0.4) is 0 Å². The zero-order chi connectivity index (χ0) is 16.4. The molecule has 1 aliphatic carbocycles. The second-order valence-corrected chi connectivity index (χ2v) is 6.25. The van der Waals surface area contributed by atoms with E-state index in [1.165, 1.54) is 12.1 Å². The van der Waals surface area contributed by atoms with Gasteiger partial charge in [0.15, 0.2) is 0 Å². The van der Waals surface area contributed by atoms with Crippen LogP contribution in [0.5, 0.6) is 11.5 Å². The summed E-state index contributed by atoms with van der Waals surface area (Å²) in [4.78, 5) is 2.24. The molecule has 0 spiro atoms. The van der Waals surface area contributed by atoms with Gasteiger partial charge in [-0.1, -0.05) is 12.8 Å². The quantitative estimate of drug-likeness (QED) is 0.871. The molecule has 2 fully saturated rings. The van der Waals surface area contributed by atoms with Crippen molar-refractivity contribution in [1.29, 1.82) is 0 Å². The Labute approximate surface area is 133 Å². The Kier molecular flexibility index (Phi) is 4.68. The topological polar surface area (TPSA) is 44.7 Å². The Morgan fingerprint density at radius 1 is 1.26 bits per heavy atom. The van der Waals surface area contributed by atoms with Crippen molar-refractivity contribution >= 4 is 0 Å². The Morgan fingerprint density at radius 2 is 1.96 bits per heavy atom. The minimum Gasteiger partial charge on any atom is -0.508 e. The number of piperazine rings is 1. The average Bonchev–Trinajstić information content (AvgIpc) is 3.31. The molecule has 1 saturated carbocycles. The number of nitrogens with one attached hydrogen (secondary N) is 1. The van der Waals surface area contributed by atoms with Crippen molar-refractivity contribution in [2.24, 2.45) is 5.92 Å². The van der Waals surface area contributed by atoms with Gasteiger partial charge in [0.2, 0.25) is 0 Å². The molecule has 0 amide bonds. The van der Waals surface area contributed by atoms with Crippen LogP contribution in [0.2, 0.25) is 0 Å². The van der Waals surface area contributed by atoms with Crippen LogP contribution in [0, 0.1) is 5.92 Å². The van der Waals surface area contributed by atoms with E-state index in [4.69, 9.17) is 0 Å². The van der Waals surface area contributed by atoms with Gasteiger partial charge in [0.25, 0.3) is 0 Å². The standard InChI is InChI=1S/C16H21F3N2O2/c17-16(18,19)23-12-3-4-15(22)13(10-12)14(9-11-1-2-11)21-7-5-20-6-8-21/h3-4,10-11,14,20,22H,1-2,5-9H2/t14-/m0/s1. The maximum Gasteiger partial charge on any atom is 0.573 e. The lowest BCUT2D eigenvalue weighted by Gasteiger charge is -2.35. The molecule has 23 heavy (non-hydrogen) atoms. The summed E-state index contributed by atoms with van der Waals surface area (Å²) in [6.07, 6.45) is -1.55. The molecule has 1 aromatic rings. The average molecular weight is 330 g/mol. The number of benzene rings is 1. The Balaban J connectivity index is 1.85. The summed E-state index contributed by atoms with van der Waals surface area (Å²) >= 11 is 0.